The van der Waals surface area contributed by atoms with Gasteiger partial charge in [0, 0.05) is 42.8 Å². The molecule has 2 N–H and O–H groups in total. The number of hydrogen-bond acceptors (Lipinski definition) is 6. The van der Waals surface area contributed by atoms with Gasteiger partial charge in [-0.2, -0.15) is 4.98 Å². The van der Waals surface area contributed by atoms with Crippen LogP contribution < -0.4 is 15.0 Å². The summed E-state index contributed by atoms with van der Waals surface area (Å²) in [5.74, 6) is -3.04. The van der Waals surface area contributed by atoms with E-state index in [1.165, 1.54) is 25.5 Å². The highest BCUT2D eigenvalue weighted by Gasteiger charge is 2.33. The Kier molecular flexibility index (Phi) is 6.70. The highest BCUT2D eigenvalue weighted by atomic mass is 35.5. The lowest BCUT2D eigenvalue weighted by atomic mass is 10.1. The van der Waals surface area contributed by atoms with E-state index in [0.29, 0.717) is 12.2 Å². The van der Waals surface area contributed by atoms with Crippen LogP contribution in [0.15, 0.2) is 35.2 Å². The standard InChI is InChI=1S/C20H23ClF2N4O3S/c1-30-19-16(21)12-15(17(26-19)27-9-4-7-20(22,23)8-10-27)18(28)25-13-5-3-6-14(11-13)31(2,24)29/h3,5-6,11-12,24H,4,7-10H2,1-2H3,(H,25,28)/t31-/m1/s1. The lowest BCUT2D eigenvalue weighted by Gasteiger charge is -2.24. The molecule has 2 aromatic rings. The first kappa shape index (κ1) is 23.2. The second kappa shape index (κ2) is 8.96. The molecular weight excluding hydrogens is 450 g/mol. The molecule has 1 aliphatic rings. The van der Waals surface area contributed by atoms with Gasteiger partial charge in [0.05, 0.1) is 22.4 Å². The van der Waals surface area contributed by atoms with E-state index in [1.807, 2.05) is 0 Å². The number of benzene rings is 1. The molecule has 0 saturated carbocycles. The lowest BCUT2D eigenvalue weighted by Crippen LogP contribution is -2.29. The van der Waals surface area contributed by atoms with Gasteiger partial charge in [0.15, 0.2) is 0 Å². The summed E-state index contributed by atoms with van der Waals surface area (Å²) in [5, 5.41) is 2.79. The number of rotatable bonds is 5. The van der Waals surface area contributed by atoms with Crippen molar-refractivity contribution in [1.29, 1.82) is 4.78 Å². The van der Waals surface area contributed by atoms with Crippen molar-refractivity contribution in [1.82, 2.24) is 4.98 Å². The van der Waals surface area contributed by atoms with E-state index in [2.05, 4.69) is 10.3 Å². The average molecular weight is 473 g/mol. The van der Waals surface area contributed by atoms with E-state index >= 15 is 0 Å². The van der Waals surface area contributed by atoms with Crippen LogP contribution in [0.4, 0.5) is 20.3 Å². The summed E-state index contributed by atoms with van der Waals surface area (Å²) in [6, 6.07) is 7.56. The number of pyridine rings is 1. The third-order valence-corrected chi connectivity index (χ3v) is 6.35. The summed E-state index contributed by atoms with van der Waals surface area (Å²) in [5.41, 5.74) is 0.439. The zero-order valence-electron chi connectivity index (χ0n) is 17.1. The summed E-state index contributed by atoms with van der Waals surface area (Å²) in [6.07, 6.45) is 0.953. The summed E-state index contributed by atoms with van der Waals surface area (Å²) >= 11 is 6.18. The van der Waals surface area contributed by atoms with Crippen LogP contribution in [-0.4, -0.2) is 47.5 Å². The number of carbonyl (C=O) groups is 1. The van der Waals surface area contributed by atoms with Gasteiger partial charge in [-0.3, -0.25) is 4.79 Å². The zero-order chi connectivity index (χ0) is 22.8. The molecule has 1 aliphatic heterocycles. The molecule has 1 aromatic heterocycles. The molecular formula is C20H23ClF2N4O3S. The lowest BCUT2D eigenvalue weighted by molar-refractivity contribution is -0.0102. The van der Waals surface area contributed by atoms with Gasteiger partial charge in [-0.15, -0.1) is 0 Å². The van der Waals surface area contributed by atoms with Crippen molar-refractivity contribution in [3.8, 4) is 5.88 Å². The number of alkyl halides is 2. The number of carbonyl (C=O) groups excluding carboxylic acids is 1. The molecule has 3 rings (SSSR count). The number of ether oxygens (including phenoxy) is 1. The van der Waals surface area contributed by atoms with Crippen molar-refractivity contribution in [3.05, 3.63) is 40.9 Å². The predicted molar refractivity (Wildman–Crippen MR) is 116 cm³/mol. The van der Waals surface area contributed by atoms with Crippen LogP contribution in [-0.2, 0) is 9.73 Å². The van der Waals surface area contributed by atoms with Crippen LogP contribution in [0.3, 0.4) is 0 Å². The average Bonchev–Trinajstić information content (AvgIpc) is 2.88. The third kappa shape index (κ3) is 5.62. The molecule has 7 nitrogen and oxygen atoms in total. The van der Waals surface area contributed by atoms with Crippen LogP contribution in [0.2, 0.25) is 5.02 Å². The van der Waals surface area contributed by atoms with Crippen LogP contribution in [0.5, 0.6) is 5.88 Å². The number of nitrogens with one attached hydrogen (secondary N) is 2. The Bertz CT molecular complexity index is 1100. The van der Waals surface area contributed by atoms with Crippen LogP contribution in [0.25, 0.3) is 0 Å². The molecule has 0 aliphatic carbocycles. The minimum absolute atomic E-state index is 0.0251. The maximum atomic E-state index is 13.8. The number of amides is 1. The van der Waals surface area contributed by atoms with E-state index < -0.39 is 21.6 Å². The van der Waals surface area contributed by atoms with Crippen molar-refractivity contribution in [2.45, 2.75) is 30.1 Å². The molecule has 1 atom stereocenters. The smallest absolute Gasteiger partial charge is 0.259 e. The summed E-state index contributed by atoms with van der Waals surface area (Å²) < 4.78 is 52.5. The Hall–Kier alpha value is -2.46. The van der Waals surface area contributed by atoms with Crippen molar-refractivity contribution in [2.24, 2.45) is 0 Å². The number of methoxy groups -OCH3 is 1. The SMILES string of the molecule is COc1nc(N2CCCC(F)(F)CC2)c(C(=O)Nc2cccc([S@](C)(=N)=O)c2)cc1Cl. The first-order chi connectivity index (χ1) is 14.5. The van der Waals surface area contributed by atoms with Gasteiger partial charge >= 0.3 is 0 Å². The molecule has 11 heteroatoms. The Labute approximate surface area is 184 Å². The second-order valence-corrected chi connectivity index (χ2v) is 9.94. The minimum Gasteiger partial charge on any atom is -0.480 e. The van der Waals surface area contributed by atoms with Crippen LogP contribution in [0.1, 0.15) is 29.6 Å². The molecule has 31 heavy (non-hydrogen) atoms. The van der Waals surface area contributed by atoms with Crippen molar-refractivity contribution in [3.63, 3.8) is 0 Å². The monoisotopic (exact) mass is 472 g/mol. The molecule has 0 spiro atoms. The highest BCUT2D eigenvalue weighted by Crippen LogP contribution is 2.34. The maximum Gasteiger partial charge on any atom is 0.259 e. The molecule has 1 saturated heterocycles. The number of anilines is 2. The zero-order valence-corrected chi connectivity index (χ0v) is 18.7. The Morgan fingerprint density at radius 2 is 2.06 bits per heavy atom. The van der Waals surface area contributed by atoms with Gasteiger partial charge in [0.2, 0.25) is 11.8 Å². The first-order valence-corrected chi connectivity index (χ1v) is 11.9. The van der Waals surface area contributed by atoms with Crippen molar-refractivity contribution < 1.29 is 22.5 Å². The number of aromatic nitrogens is 1. The van der Waals surface area contributed by atoms with Gasteiger partial charge in [-0.25, -0.2) is 17.8 Å². The summed E-state index contributed by atoms with van der Waals surface area (Å²) in [4.78, 5) is 19.3. The fourth-order valence-electron chi connectivity index (χ4n) is 3.30. The quantitative estimate of drug-likeness (QED) is 0.660. The molecule has 2 heterocycles. The van der Waals surface area contributed by atoms with E-state index in [0.717, 1.165) is 0 Å². The Balaban J connectivity index is 1.96. The van der Waals surface area contributed by atoms with Crippen LogP contribution >= 0.6 is 11.6 Å². The third-order valence-electron chi connectivity index (χ3n) is 4.92. The maximum absolute atomic E-state index is 13.8. The van der Waals surface area contributed by atoms with E-state index in [4.69, 9.17) is 21.1 Å². The minimum atomic E-state index is -2.96. The van der Waals surface area contributed by atoms with E-state index in [1.54, 1.807) is 23.1 Å². The Morgan fingerprint density at radius 3 is 2.74 bits per heavy atom. The van der Waals surface area contributed by atoms with Crippen molar-refractivity contribution >= 4 is 38.7 Å². The van der Waals surface area contributed by atoms with Gasteiger partial charge in [-0.05, 0) is 30.7 Å². The molecule has 0 bridgehead atoms. The molecule has 1 amide bonds. The fourth-order valence-corrected chi connectivity index (χ4v) is 4.22. The molecule has 1 fully saturated rings. The van der Waals surface area contributed by atoms with Gasteiger partial charge in [0.25, 0.3) is 5.91 Å². The molecule has 1 aromatic carbocycles. The molecule has 168 valence electrons. The van der Waals surface area contributed by atoms with Crippen LogP contribution in [0, 0.1) is 4.78 Å². The predicted octanol–water partition coefficient (Wildman–Crippen LogP) is 4.66. The highest BCUT2D eigenvalue weighted by molar-refractivity contribution is 7.91. The number of halogens is 3. The molecule has 0 unspecified atom stereocenters. The summed E-state index contributed by atoms with van der Waals surface area (Å²) in [7, 11) is -1.58. The first-order valence-electron chi connectivity index (χ1n) is 9.53. The number of hydrogen-bond donors (Lipinski definition) is 2. The topological polar surface area (TPSA) is 95.4 Å². The van der Waals surface area contributed by atoms with E-state index in [-0.39, 0.29) is 53.0 Å². The summed E-state index contributed by atoms with van der Waals surface area (Å²) in [6.45, 7) is 0.331. The number of nitrogens with zero attached hydrogens (tertiary/aromatic N) is 2. The second-order valence-electron chi connectivity index (χ2n) is 7.37. The Morgan fingerprint density at radius 1 is 1.32 bits per heavy atom. The van der Waals surface area contributed by atoms with Crippen molar-refractivity contribution in [2.75, 3.05) is 36.7 Å². The fraction of sp³-hybridized carbons (Fsp3) is 0.400. The van der Waals surface area contributed by atoms with Gasteiger partial charge in [-0.1, -0.05) is 17.7 Å². The normalized spacial score (nSPS) is 18.0. The largest absolute Gasteiger partial charge is 0.480 e. The molecule has 0 radical (unpaired) electrons. The van der Waals surface area contributed by atoms with Gasteiger partial charge in [0.1, 0.15) is 10.8 Å². The van der Waals surface area contributed by atoms with E-state index in [9.17, 15) is 17.8 Å². The van der Waals surface area contributed by atoms with Gasteiger partial charge < -0.3 is 15.0 Å².